The predicted molar refractivity (Wildman–Crippen MR) is 98.8 cm³/mol. The number of hydrogen-bond donors (Lipinski definition) is 1. The summed E-state index contributed by atoms with van der Waals surface area (Å²) in [6.45, 7) is 1.79. The molecule has 1 unspecified atom stereocenters. The van der Waals surface area contributed by atoms with Crippen LogP contribution in [0.2, 0.25) is 0 Å². The van der Waals surface area contributed by atoms with Crippen molar-refractivity contribution in [2.75, 3.05) is 5.32 Å². The first kappa shape index (κ1) is 16.9. The lowest BCUT2D eigenvalue weighted by Crippen LogP contribution is -2.22. The molecule has 0 aliphatic carbocycles. The van der Waals surface area contributed by atoms with Crippen LogP contribution in [0, 0.1) is 10.1 Å². The van der Waals surface area contributed by atoms with Gasteiger partial charge in [-0.1, -0.05) is 36.0 Å². The highest BCUT2D eigenvalue weighted by Crippen LogP contribution is 2.25. The quantitative estimate of drug-likeness (QED) is 0.421. The summed E-state index contributed by atoms with van der Waals surface area (Å²) in [5.74, 6) is -0.186. The zero-order valence-corrected chi connectivity index (χ0v) is 14.2. The fourth-order valence-corrected chi connectivity index (χ4v) is 3.08. The van der Waals surface area contributed by atoms with Gasteiger partial charge < -0.3 is 5.32 Å². The van der Waals surface area contributed by atoms with Gasteiger partial charge in [-0.15, -0.1) is 0 Å². The van der Waals surface area contributed by atoms with Crippen molar-refractivity contribution in [2.45, 2.75) is 17.2 Å². The number of nitrogens with one attached hydrogen (secondary N) is 1. The van der Waals surface area contributed by atoms with E-state index in [2.05, 4.69) is 10.3 Å². The number of rotatable bonds is 5. The molecule has 1 heterocycles. The minimum Gasteiger partial charge on any atom is -0.325 e. The summed E-state index contributed by atoms with van der Waals surface area (Å²) in [5.41, 5.74) is 1.39. The summed E-state index contributed by atoms with van der Waals surface area (Å²) in [7, 11) is 0. The van der Waals surface area contributed by atoms with Crippen LogP contribution in [-0.4, -0.2) is 21.1 Å². The molecule has 0 fully saturated rings. The van der Waals surface area contributed by atoms with Gasteiger partial charge in [0, 0.05) is 23.2 Å². The van der Waals surface area contributed by atoms with Gasteiger partial charge in [0.2, 0.25) is 5.91 Å². The zero-order valence-electron chi connectivity index (χ0n) is 13.4. The Balaban J connectivity index is 1.66. The minimum atomic E-state index is -0.477. The number of amides is 1. The highest BCUT2D eigenvalue weighted by Gasteiger charge is 2.16. The van der Waals surface area contributed by atoms with E-state index in [4.69, 9.17) is 0 Å². The Hall–Kier alpha value is -2.93. The molecular weight excluding hydrogens is 338 g/mol. The molecule has 6 nitrogen and oxygen atoms in total. The number of pyridine rings is 1. The van der Waals surface area contributed by atoms with Crippen LogP contribution in [0.4, 0.5) is 11.4 Å². The Labute approximate surface area is 148 Å². The Kier molecular flexibility index (Phi) is 4.95. The van der Waals surface area contributed by atoms with Crippen molar-refractivity contribution >= 4 is 39.9 Å². The highest BCUT2D eigenvalue weighted by molar-refractivity contribution is 8.00. The molecule has 3 rings (SSSR count). The molecule has 0 radical (unpaired) electrons. The maximum atomic E-state index is 12.3. The summed E-state index contributed by atoms with van der Waals surface area (Å²) in [4.78, 5) is 27.0. The molecule has 25 heavy (non-hydrogen) atoms. The lowest BCUT2D eigenvalue weighted by atomic mass is 10.2. The first-order valence-corrected chi connectivity index (χ1v) is 8.48. The SMILES string of the molecule is CC(Sc1ccc2ccccc2n1)C(=O)Nc1ccc([N+](=O)[O-])cc1. The molecule has 0 saturated heterocycles. The van der Waals surface area contributed by atoms with Gasteiger partial charge in [0.1, 0.15) is 0 Å². The first-order valence-electron chi connectivity index (χ1n) is 7.61. The molecule has 2 aromatic carbocycles. The fraction of sp³-hybridized carbons (Fsp3) is 0.111. The molecule has 1 amide bonds. The topological polar surface area (TPSA) is 85.1 Å². The van der Waals surface area contributed by atoms with E-state index in [0.717, 1.165) is 15.9 Å². The average Bonchev–Trinajstić information content (AvgIpc) is 2.62. The predicted octanol–water partition coefficient (Wildman–Crippen LogP) is 4.26. The van der Waals surface area contributed by atoms with Crippen molar-refractivity contribution in [3.05, 3.63) is 70.8 Å². The van der Waals surface area contributed by atoms with Crippen LogP contribution in [0.1, 0.15) is 6.92 Å². The molecule has 0 bridgehead atoms. The number of nitrogens with zero attached hydrogens (tertiary/aromatic N) is 2. The van der Waals surface area contributed by atoms with Crippen molar-refractivity contribution in [3.8, 4) is 0 Å². The van der Waals surface area contributed by atoms with Gasteiger partial charge in [0.05, 0.1) is 20.7 Å². The number of benzene rings is 2. The molecular formula is C18H15N3O3S. The smallest absolute Gasteiger partial charge is 0.269 e. The number of anilines is 1. The van der Waals surface area contributed by atoms with Crippen molar-refractivity contribution < 1.29 is 9.72 Å². The van der Waals surface area contributed by atoms with Crippen LogP contribution < -0.4 is 5.32 Å². The third kappa shape index (κ3) is 4.13. The molecule has 0 spiro atoms. The molecule has 3 aromatic rings. The molecule has 1 atom stereocenters. The Bertz CT molecular complexity index is 928. The summed E-state index contributed by atoms with van der Waals surface area (Å²) >= 11 is 1.36. The Morgan fingerprint density at radius 3 is 2.56 bits per heavy atom. The van der Waals surface area contributed by atoms with Gasteiger partial charge in [-0.05, 0) is 31.2 Å². The van der Waals surface area contributed by atoms with Crippen LogP contribution in [0.25, 0.3) is 10.9 Å². The van der Waals surface area contributed by atoms with Gasteiger partial charge in [0.25, 0.3) is 5.69 Å². The summed E-state index contributed by atoms with van der Waals surface area (Å²) < 4.78 is 0. The second kappa shape index (κ2) is 7.31. The van der Waals surface area contributed by atoms with E-state index in [1.807, 2.05) is 36.4 Å². The van der Waals surface area contributed by atoms with Crippen LogP contribution in [0.3, 0.4) is 0 Å². The number of hydrogen-bond acceptors (Lipinski definition) is 5. The van der Waals surface area contributed by atoms with Gasteiger partial charge in [-0.25, -0.2) is 4.98 Å². The van der Waals surface area contributed by atoms with Gasteiger partial charge in [-0.2, -0.15) is 0 Å². The number of nitro benzene ring substituents is 1. The molecule has 126 valence electrons. The molecule has 0 saturated carbocycles. The summed E-state index contributed by atoms with van der Waals surface area (Å²) in [5, 5.41) is 14.9. The fourth-order valence-electron chi connectivity index (χ4n) is 2.26. The van der Waals surface area contributed by atoms with Crippen molar-refractivity contribution in [3.63, 3.8) is 0 Å². The second-order valence-corrected chi connectivity index (χ2v) is 6.76. The lowest BCUT2D eigenvalue weighted by Gasteiger charge is -2.12. The minimum absolute atomic E-state index is 0.0132. The zero-order chi connectivity index (χ0) is 17.8. The third-order valence-electron chi connectivity index (χ3n) is 3.59. The normalized spacial score (nSPS) is 11.9. The molecule has 1 aromatic heterocycles. The van der Waals surface area contributed by atoms with Crippen molar-refractivity contribution in [2.24, 2.45) is 0 Å². The molecule has 7 heteroatoms. The summed E-state index contributed by atoms with van der Waals surface area (Å²) in [6.07, 6.45) is 0. The second-order valence-electron chi connectivity index (χ2n) is 5.40. The van der Waals surface area contributed by atoms with Crippen LogP contribution in [0.15, 0.2) is 65.7 Å². The standard InChI is InChI=1S/C18H15N3O3S/c1-12(18(22)19-14-7-9-15(10-8-14)21(23)24)25-17-11-6-13-4-2-3-5-16(13)20-17/h2-12H,1H3,(H,19,22). The van der Waals surface area contributed by atoms with Crippen LogP contribution in [-0.2, 0) is 4.79 Å². The molecule has 0 aliphatic heterocycles. The van der Waals surface area contributed by atoms with E-state index in [9.17, 15) is 14.9 Å². The monoisotopic (exact) mass is 353 g/mol. The number of carbonyl (C=O) groups is 1. The van der Waals surface area contributed by atoms with E-state index in [1.54, 1.807) is 6.92 Å². The number of fused-ring (bicyclic) bond motifs is 1. The summed E-state index contributed by atoms with van der Waals surface area (Å²) in [6, 6.07) is 17.4. The number of aromatic nitrogens is 1. The van der Waals surface area contributed by atoms with Gasteiger partial charge in [0.15, 0.2) is 0 Å². The highest BCUT2D eigenvalue weighted by atomic mass is 32.2. The van der Waals surface area contributed by atoms with E-state index in [0.29, 0.717) is 5.69 Å². The van der Waals surface area contributed by atoms with E-state index >= 15 is 0 Å². The van der Waals surface area contributed by atoms with Crippen LogP contribution in [0.5, 0.6) is 0 Å². The first-order chi connectivity index (χ1) is 12.0. The number of carbonyl (C=O) groups excluding carboxylic acids is 1. The lowest BCUT2D eigenvalue weighted by molar-refractivity contribution is -0.384. The Morgan fingerprint density at radius 1 is 1.12 bits per heavy atom. The van der Waals surface area contributed by atoms with E-state index < -0.39 is 4.92 Å². The number of nitro groups is 1. The van der Waals surface area contributed by atoms with Crippen molar-refractivity contribution in [1.29, 1.82) is 0 Å². The number of non-ortho nitro benzene ring substituents is 1. The van der Waals surface area contributed by atoms with Crippen molar-refractivity contribution in [1.82, 2.24) is 4.98 Å². The van der Waals surface area contributed by atoms with Gasteiger partial charge >= 0.3 is 0 Å². The van der Waals surface area contributed by atoms with E-state index in [-0.39, 0.29) is 16.8 Å². The third-order valence-corrected chi connectivity index (χ3v) is 4.62. The largest absolute Gasteiger partial charge is 0.325 e. The number of thioether (sulfide) groups is 1. The van der Waals surface area contributed by atoms with Crippen LogP contribution >= 0.6 is 11.8 Å². The molecule has 0 aliphatic rings. The van der Waals surface area contributed by atoms with Gasteiger partial charge in [-0.3, -0.25) is 14.9 Å². The number of para-hydroxylation sites is 1. The average molecular weight is 353 g/mol. The maximum Gasteiger partial charge on any atom is 0.269 e. The molecule has 1 N–H and O–H groups in total. The maximum absolute atomic E-state index is 12.3. The Morgan fingerprint density at radius 2 is 1.84 bits per heavy atom. The van der Waals surface area contributed by atoms with E-state index in [1.165, 1.54) is 36.0 Å².